The van der Waals surface area contributed by atoms with E-state index in [0.717, 1.165) is 4.90 Å². The third-order valence-corrected chi connectivity index (χ3v) is 3.47. The number of rotatable bonds is 5. The Labute approximate surface area is 123 Å². The van der Waals surface area contributed by atoms with E-state index in [2.05, 4.69) is 6.07 Å². The number of thioether (sulfide) groups is 1. The zero-order valence-corrected chi connectivity index (χ0v) is 12.2. The van der Waals surface area contributed by atoms with Crippen molar-refractivity contribution in [1.82, 2.24) is 0 Å². The van der Waals surface area contributed by atoms with Crippen LogP contribution in [-0.4, -0.2) is 12.9 Å². The summed E-state index contributed by atoms with van der Waals surface area (Å²) in [5.41, 5.74) is 0.548. The molecule has 2 aromatic carbocycles. The molecule has 0 aliphatic heterocycles. The molecule has 0 aliphatic carbocycles. The van der Waals surface area contributed by atoms with Crippen LogP contribution in [0.1, 0.15) is 12.5 Å². The van der Waals surface area contributed by atoms with Gasteiger partial charge < -0.3 is 9.47 Å². The van der Waals surface area contributed by atoms with Crippen molar-refractivity contribution in [3.8, 4) is 23.3 Å². The molecule has 2 rings (SSSR count). The fraction of sp³-hybridized carbons (Fsp3) is 0.188. The average molecular weight is 285 g/mol. The van der Waals surface area contributed by atoms with Crippen LogP contribution in [0, 0.1) is 11.3 Å². The molecule has 0 spiro atoms. The first kappa shape index (κ1) is 14.3. The summed E-state index contributed by atoms with van der Waals surface area (Å²) < 4.78 is 11.4. The molecule has 0 fully saturated rings. The quantitative estimate of drug-likeness (QED) is 0.760. The van der Waals surface area contributed by atoms with Crippen LogP contribution in [0.5, 0.6) is 17.2 Å². The summed E-state index contributed by atoms with van der Waals surface area (Å²) in [5.74, 6) is 1.84. The highest BCUT2D eigenvalue weighted by Crippen LogP contribution is 2.35. The molecule has 4 heteroatoms. The highest BCUT2D eigenvalue weighted by molar-refractivity contribution is 7.98. The lowest BCUT2D eigenvalue weighted by molar-refractivity contribution is 0.321. The molecule has 3 nitrogen and oxygen atoms in total. The van der Waals surface area contributed by atoms with Crippen LogP contribution < -0.4 is 9.47 Å². The van der Waals surface area contributed by atoms with E-state index in [9.17, 15) is 5.26 Å². The van der Waals surface area contributed by atoms with Gasteiger partial charge in [0.2, 0.25) is 0 Å². The molecule has 0 unspecified atom stereocenters. The summed E-state index contributed by atoms with van der Waals surface area (Å²) >= 11 is 1.53. The number of ether oxygens (including phenoxy) is 2. The number of nitriles is 1. The van der Waals surface area contributed by atoms with E-state index in [0.29, 0.717) is 29.4 Å². The maximum Gasteiger partial charge on any atom is 0.169 e. The Balaban J connectivity index is 2.38. The SMILES string of the molecule is CCOc1ccccc1Oc1cccc(SC)c1C#N. The van der Waals surface area contributed by atoms with Crippen molar-refractivity contribution < 1.29 is 9.47 Å². The van der Waals surface area contributed by atoms with Gasteiger partial charge in [-0.25, -0.2) is 0 Å². The van der Waals surface area contributed by atoms with E-state index in [1.54, 1.807) is 6.07 Å². The first-order valence-electron chi connectivity index (χ1n) is 6.27. The molecule has 0 radical (unpaired) electrons. The fourth-order valence-electron chi connectivity index (χ4n) is 1.80. The van der Waals surface area contributed by atoms with Crippen molar-refractivity contribution in [1.29, 1.82) is 5.26 Å². The van der Waals surface area contributed by atoms with Crippen molar-refractivity contribution in [3.63, 3.8) is 0 Å². The second kappa shape index (κ2) is 6.88. The van der Waals surface area contributed by atoms with Crippen LogP contribution >= 0.6 is 11.8 Å². The topological polar surface area (TPSA) is 42.2 Å². The van der Waals surface area contributed by atoms with Gasteiger partial charge in [-0.3, -0.25) is 0 Å². The Morgan fingerprint density at radius 3 is 2.40 bits per heavy atom. The molecule has 0 atom stereocenters. The van der Waals surface area contributed by atoms with E-state index in [1.807, 2.05) is 49.6 Å². The van der Waals surface area contributed by atoms with Crippen LogP contribution in [0.3, 0.4) is 0 Å². The van der Waals surface area contributed by atoms with Crippen molar-refractivity contribution in [2.75, 3.05) is 12.9 Å². The Hall–Kier alpha value is -2.12. The minimum absolute atomic E-state index is 0.548. The number of para-hydroxylation sites is 2. The molecular formula is C16H15NO2S. The van der Waals surface area contributed by atoms with E-state index in [4.69, 9.17) is 9.47 Å². The molecular weight excluding hydrogens is 270 g/mol. The van der Waals surface area contributed by atoms with Gasteiger partial charge in [0.1, 0.15) is 17.4 Å². The van der Waals surface area contributed by atoms with E-state index < -0.39 is 0 Å². The van der Waals surface area contributed by atoms with E-state index >= 15 is 0 Å². The molecule has 0 saturated heterocycles. The van der Waals surface area contributed by atoms with Crippen molar-refractivity contribution in [2.45, 2.75) is 11.8 Å². The maximum absolute atomic E-state index is 9.31. The predicted octanol–water partition coefficient (Wildman–Crippen LogP) is 4.47. The summed E-state index contributed by atoms with van der Waals surface area (Å²) in [4.78, 5) is 0.902. The Kier molecular flexibility index (Phi) is 4.91. The molecule has 0 saturated carbocycles. The van der Waals surface area contributed by atoms with Crippen LogP contribution in [0.15, 0.2) is 47.4 Å². The summed E-state index contributed by atoms with van der Waals surface area (Å²) in [7, 11) is 0. The van der Waals surface area contributed by atoms with Crippen LogP contribution in [-0.2, 0) is 0 Å². The lowest BCUT2D eigenvalue weighted by Gasteiger charge is -2.13. The van der Waals surface area contributed by atoms with Gasteiger partial charge in [-0.1, -0.05) is 18.2 Å². The summed E-state index contributed by atoms with van der Waals surface area (Å²) in [6.07, 6.45) is 1.94. The standard InChI is InChI=1S/C16H15NO2S/c1-3-18-14-7-4-5-8-15(14)19-13-9-6-10-16(20-2)12(13)11-17/h4-10H,3H2,1-2H3. The minimum atomic E-state index is 0.548. The molecule has 2 aromatic rings. The molecule has 102 valence electrons. The zero-order chi connectivity index (χ0) is 14.4. The van der Waals surface area contributed by atoms with Gasteiger partial charge in [0.15, 0.2) is 11.5 Å². The van der Waals surface area contributed by atoms with Crippen LogP contribution in [0.25, 0.3) is 0 Å². The van der Waals surface area contributed by atoms with E-state index in [-0.39, 0.29) is 0 Å². The molecule has 0 N–H and O–H groups in total. The lowest BCUT2D eigenvalue weighted by atomic mass is 10.2. The van der Waals surface area contributed by atoms with E-state index in [1.165, 1.54) is 11.8 Å². The number of hydrogen-bond acceptors (Lipinski definition) is 4. The molecule has 0 aromatic heterocycles. The Morgan fingerprint density at radius 2 is 1.75 bits per heavy atom. The second-order valence-corrected chi connectivity index (χ2v) is 4.78. The van der Waals surface area contributed by atoms with Gasteiger partial charge >= 0.3 is 0 Å². The highest BCUT2D eigenvalue weighted by atomic mass is 32.2. The fourth-order valence-corrected chi connectivity index (χ4v) is 2.37. The first-order valence-corrected chi connectivity index (χ1v) is 7.49. The van der Waals surface area contributed by atoms with Gasteiger partial charge in [-0.2, -0.15) is 5.26 Å². The van der Waals surface area contributed by atoms with Crippen molar-refractivity contribution >= 4 is 11.8 Å². The second-order valence-electron chi connectivity index (χ2n) is 3.93. The van der Waals surface area contributed by atoms with Gasteiger partial charge in [-0.05, 0) is 37.4 Å². The van der Waals surface area contributed by atoms with Crippen molar-refractivity contribution in [2.24, 2.45) is 0 Å². The van der Waals surface area contributed by atoms with Gasteiger partial charge in [0.05, 0.1) is 6.61 Å². The van der Waals surface area contributed by atoms with Gasteiger partial charge in [0, 0.05) is 4.90 Å². The third kappa shape index (κ3) is 3.06. The average Bonchev–Trinajstić information content (AvgIpc) is 2.49. The minimum Gasteiger partial charge on any atom is -0.490 e. The molecule has 0 amide bonds. The Bertz CT molecular complexity index is 635. The zero-order valence-electron chi connectivity index (χ0n) is 11.4. The van der Waals surface area contributed by atoms with Crippen LogP contribution in [0.2, 0.25) is 0 Å². The first-order chi connectivity index (χ1) is 9.80. The molecule has 0 bridgehead atoms. The maximum atomic E-state index is 9.31. The molecule has 20 heavy (non-hydrogen) atoms. The summed E-state index contributed by atoms with van der Waals surface area (Å²) in [5, 5.41) is 9.31. The van der Waals surface area contributed by atoms with Crippen molar-refractivity contribution in [3.05, 3.63) is 48.0 Å². The molecule has 0 heterocycles. The summed E-state index contributed by atoms with van der Waals surface area (Å²) in [6, 6.07) is 15.2. The van der Waals surface area contributed by atoms with Crippen LogP contribution in [0.4, 0.5) is 0 Å². The third-order valence-electron chi connectivity index (χ3n) is 2.69. The smallest absolute Gasteiger partial charge is 0.169 e. The normalized spacial score (nSPS) is 9.85. The summed E-state index contributed by atoms with van der Waals surface area (Å²) in [6.45, 7) is 2.49. The number of hydrogen-bond donors (Lipinski definition) is 0. The predicted molar refractivity (Wildman–Crippen MR) is 80.6 cm³/mol. The Morgan fingerprint density at radius 1 is 1.05 bits per heavy atom. The van der Waals surface area contributed by atoms with Gasteiger partial charge in [-0.15, -0.1) is 11.8 Å². The molecule has 0 aliphatic rings. The number of benzene rings is 2. The largest absolute Gasteiger partial charge is 0.490 e. The van der Waals surface area contributed by atoms with Gasteiger partial charge in [0.25, 0.3) is 0 Å². The number of nitrogens with zero attached hydrogens (tertiary/aromatic N) is 1. The monoisotopic (exact) mass is 285 g/mol. The highest BCUT2D eigenvalue weighted by Gasteiger charge is 2.11. The lowest BCUT2D eigenvalue weighted by Crippen LogP contribution is -1.96.